The van der Waals surface area contributed by atoms with E-state index < -0.39 is 0 Å². The summed E-state index contributed by atoms with van der Waals surface area (Å²) in [6, 6.07) is 76.7. The molecule has 0 aliphatic rings. The van der Waals surface area contributed by atoms with E-state index in [0.29, 0.717) is 0 Å². The molecule has 0 fully saturated rings. The summed E-state index contributed by atoms with van der Waals surface area (Å²) in [6.45, 7) is 0. The lowest BCUT2D eigenvalue weighted by molar-refractivity contribution is 0.669. The Morgan fingerprint density at radius 1 is 0.268 bits per heavy atom. The predicted molar refractivity (Wildman–Crippen MR) is 237 cm³/mol. The van der Waals surface area contributed by atoms with Gasteiger partial charge in [-0.05, 0) is 126 Å². The molecule has 0 unspecified atom stereocenters. The molecule has 1 aromatic heterocycles. The van der Waals surface area contributed by atoms with E-state index in [-0.39, 0.29) is 0 Å². The summed E-state index contributed by atoms with van der Waals surface area (Å²) in [5.41, 5.74) is 12.1. The number of benzene rings is 10. The third-order valence-corrected chi connectivity index (χ3v) is 11.2. The molecule has 56 heavy (non-hydrogen) atoms. The van der Waals surface area contributed by atoms with Crippen LogP contribution < -0.4 is 4.90 Å². The van der Waals surface area contributed by atoms with Gasteiger partial charge in [-0.3, -0.25) is 0 Å². The molecule has 10 aromatic carbocycles. The van der Waals surface area contributed by atoms with Crippen LogP contribution >= 0.6 is 0 Å². The van der Waals surface area contributed by atoms with E-state index in [4.69, 9.17) is 4.42 Å². The van der Waals surface area contributed by atoms with Crippen LogP contribution in [0.5, 0.6) is 0 Å². The molecule has 262 valence electrons. The molecule has 0 aliphatic carbocycles. The number of hydrogen-bond acceptors (Lipinski definition) is 2. The van der Waals surface area contributed by atoms with E-state index in [2.05, 4.69) is 205 Å². The Bertz CT molecular complexity index is 3260. The number of hydrogen-bond donors (Lipinski definition) is 0. The fourth-order valence-corrected chi connectivity index (χ4v) is 8.46. The normalized spacial score (nSPS) is 11.6. The van der Waals surface area contributed by atoms with Crippen LogP contribution in [0.1, 0.15) is 0 Å². The summed E-state index contributed by atoms with van der Waals surface area (Å²) >= 11 is 0. The Morgan fingerprint density at radius 2 is 0.804 bits per heavy atom. The van der Waals surface area contributed by atoms with Gasteiger partial charge >= 0.3 is 0 Å². The smallest absolute Gasteiger partial charge is 0.135 e. The van der Waals surface area contributed by atoms with Crippen LogP contribution in [0.2, 0.25) is 0 Å². The fourth-order valence-electron chi connectivity index (χ4n) is 8.46. The molecule has 0 bridgehead atoms. The third-order valence-electron chi connectivity index (χ3n) is 11.2. The zero-order valence-corrected chi connectivity index (χ0v) is 30.6. The molecule has 11 rings (SSSR count). The summed E-state index contributed by atoms with van der Waals surface area (Å²) in [4.78, 5) is 2.38. The molecule has 11 aromatic rings. The molecule has 2 nitrogen and oxygen atoms in total. The Balaban J connectivity index is 1.04. The van der Waals surface area contributed by atoms with Crippen LogP contribution in [-0.4, -0.2) is 0 Å². The number of anilines is 3. The molecule has 0 radical (unpaired) electrons. The molecule has 0 saturated carbocycles. The summed E-state index contributed by atoms with van der Waals surface area (Å²) in [7, 11) is 0. The van der Waals surface area contributed by atoms with Crippen molar-refractivity contribution < 1.29 is 4.42 Å². The second-order valence-electron chi connectivity index (χ2n) is 14.5. The van der Waals surface area contributed by atoms with Crippen molar-refractivity contribution in [3.63, 3.8) is 0 Å². The number of nitrogens with zero attached hydrogens (tertiary/aromatic N) is 1. The third kappa shape index (κ3) is 5.51. The Hall–Kier alpha value is -7.42. The molecule has 0 amide bonds. The molecule has 0 saturated heterocycles. The van der Waals surface area contributed by atoms with Crippen molar-refractivity contribution in [3.8, 4) is 33.4 Å². The summed E-state index contributed by atoms with van der Waals surface area (Å²) in [5.74, 6) is 0. The molecule has 0 atom stereocenters. The highest BCUT2D eigenvalue weighted by molar-refractivity contribution is 6.09. The van der Waals surface area contributed by atoms with Crippen molar-refractivity contribution in [2.75, 3.05) is 4.90 Å². The van der Waals surface area contributed by atoms with Gasteiger partial charge in [0.1, 0.15) is 11.2 Å². The molecular formula is C54H35NO. The fraction of sp³-hybridized carbons (Fsp3) is 0. The van der Waals surface area contributed by atoms with Gasteiger partial charge in [0, 0.05) is 27.8 Å². The standard InChI is InChI=1S/C54H35NO/c1-3-17-47-36(10-1)12-9-20-49(47)38-24-28-44(29-25-38)55(46-16-8-14-40(34-46)42-27-31-54-52(35-42)51-19-5-6-21-53(51)56-54)45-15-7-13-39(33-45)41-26-30-50-43(32-41)23-22-37-11-2-4-18-48(37)50/h1-35H. The Kier molecular flexibility index (Phi) is 7.53. The lowest BCUT2D eigenvalue weighted by Gasteiger charge is -2.27. The van der Waals surface area contributed by atoms with Crippen molar-refractivity contribution in [1.82, 2.24) is 0 Å². The average Bonchev–Trinajstić information content (AvgIpc) is 3.65. The minimum absolute atomic E-state index is 0.901. The molecule has 2 heteroatoms. The summed E-state index contributed by atoms with van der Waals surface area (Å²) in [5, 5.41) is 9.81. The average molecular weight is 714 g/mol. The van der Waals surface area contributed by atoms with Crippen molar-refractivity contribution in [2.24, 2.45) is 0 Å². The molecule has 0 N–H and O–H groups in total. The second kappa shape index (κ2) is 13.2. The van der Waals surface area contributed by atoms with Gasteiger partial charge in [-0.25, -0.2) is 0 Å². The quantitative estimate of drug-likeness (QED) is 0.160. The minimum Gasteiger partial charge on any atom is -0.456 e. The van der Waals surface area contributed by atoms with E-state index in [1.165, 1.54) is 54.6 Å². The van der Waals surface area contributed by atoms with Gasteiger partial charge in [0.15, 0.2) is 0 Å². The van der Waals surface area contributed by atoms with Crippen molar-refractivity contribution in [3.05, 3.63) is 212 Å². The minimum atomic E-state index is 0.901. The van der Waals surface area contributed by atoms with E-state index in [0.717, 1.165) is 50.1 Å². The number of fused-ring (bicyclic) bond motifs is 7. The van der Waals surface area contributed by atoms with Crippen molar-refractivity contribution in [2.45, 2.75) is 0 Å². The van der Waals surface area contributed by atoms with Gasteiger partial charge in [-0.2, -0.15) is 0 Å². The van der Waals surface area contributed by atoms with Gasteiger partial charge in [-0.15, -0.1) is 0 Å². The van der Waals surface area contributed by atoms with Crippen LogP contribution in [0.25, 0.3) is 87.6 Å². The van der Waals surface area contributed by atoms with E-state index in [1.54, 1.807) is 0 Å². The zero-order chi connectivity index (χ0) is 37.0. The summed E-state index contributed by atoms with van der Waals surface area (Å²) in [6.07, 6.45) is 0. The molecule has 1 heterocycles. The van der Waals surface area contributed by atoms with Gasteiger partial charge in [-0.1, -0.05) is 152 Å². The van der Waals surface area contributed by atoms with Crippen LogP contribution in [0.15, 0.2) is 217 Å². The molecule has 0 spiro atoms. The highest BCUT2D eigenvalue weighted by Gasteiger charge is 2.16. The lowest BCUT2D eigenvalue weighted by atomic mass is 9.96. The first-order chi connectivity index (χ1) is 27.7. The largest absolute Gasteiger partial charge is 0.456 e. The highest BCUT2D eigenvalue weighted by atomic mass is 16.3. The number of rotatable bonds is 6. The maximum Gasteiger partial charge on any atom is 0.135 e. The predicted octanol–water partition coefficient (Wildman–Crippen LogP) is 15.5. The Labute approximate surface area is 325 Å². The van der Waals surface area contributed by atoms with Crippen LogP contribution in [0, 0.1) is 0 Å². The monoisotopic (exact) mass is 713 g/mol. The maximum absolute atomic E-state index is 6.17. The van der Waals surface area contributed by atoms with E-state index in [9.17, 15) is 0 Å². The van der Waals surface area contributed by atoms with Crippen molar-refractivity contribution >= 4 is 71.3 Å². The first kappa shape index (κ1) is 32.0. The van der Waals surface area contributed by atoms with Crippen LogP contribution in [0.3, 0.4) is 0 Å². The first-order valence-corrected chi connectivity index (χ1v) is 19.2. The SMILES string of the molecule is c1cc(-c2ccc3c(ccc4ccccc43)c2)cc(N(c2ccc(-c3cccc4ccccc34)cc2)c2cccc(-c3ccc4oc5ccccc5c4c3)c2)c1. The first-order valence-electron chi connectivity index (χ1n) is 19.2. The second-order valence-corrected chi connectivity index (χ2v) is 14.5. The molecule has 0 aliphatic heterocycles. The topological polar surface area (TPSA) is 16.4 Å². The maximum atomic E-state index is 6.17. The van der Waals surface area contributed by atoms with Gasteiger partial charge in [0.05, 0.1) is 0 Å². The van der Waals surface area contributed by atoms with Crippen molar-refractivity contribution in [1.29, 1.82) is 0 Å². The Morgan fingerprint density at radius 3 is 1.59 bits per heavy atom. The number of furan rings is 1. The van der Waals surface area contributed by atoms with Gasteiger partial charge in [0.2, 0.25) is 0 Å². The summed E-state index contributed by atoms with van der Waals surface area (Å²) < 4.78 is 6.17. The highest BCUT2D eigenvalue weighted by Crippen LogP contribution is 2.41. The van der Waals surface area contributed by atoms with Gasteiger partial charge in [0.25, 0.3) is 0 Å². The molecular weight excluding hydrogens is 679 g/mol. The van der Waals surface area contributed by atoms with Gasteiger partial charge < -0.3 is 9.32 Å². The van der Waals surface area contributed by atoms with E-state index >= 15 is 0 Å². The van der Waals surface area contributed by atoms with Crippen LogP contribution in [-0.2, 0) is 0 Å². The van der Waals surface area contributed by atoms with Crippen LogP contribution in [0.4, 0.5) is 17.1 Å². The lowest BCUT2D eigenvalue weighted by Crippen LogP contribution is -2.10. The number of para-hydroxylation sites is 1. The van der Waals surface area contributed by atoms with E-state index in [1.807, 2.05) is 12.1 Å². The zero-order valence-electron chi connectivity index (χ0n) is 30.6.